The largest absolute Gasteiger partial charge is 0.451 e. The smallest absolute Gasteiger partial charge is 0.370 e. The molecule has 0 aromatic carbocycles. The third kappa shape index (κ3) is 3.68. The third-order valence-corrected chi connectivity index (χ3v) is 2.85. The van der Waals surface area contributed by atoms with Crippen molar-refractivity contribution in [1.29, 1.82) is 0 Å². The molecule has 0 unspecified atom stereocenters. The summed E-state index contributed by atoms with van der Waals surface area (Å²) in [5.41, 5.74) is 1.57. The lowest BCUT2D eigenvalue weighted by molar-refractivity contribution is -0.144. The molecule has 2 aromatic heterocycles. The van der Waals surface area contributed by atoms with Crippen molar-refractivity contribution in [1.82, 2.24) is 15.0 Å². The van der Waals surface area contributed by atoms with Crippen LogP contribution in [0.5, 0.6) is 0 Å². The number of hydrogen-bond donors (Lipinski definition) is 1. The number of halogens is 3. The van der Waals surface area contributed by atoms with Crippen LogP contribution in [-0.2, 0) is 6.18 Å². The summed E-state index contributed by atoms with van der Waals surface area (Å²) in [6.45, 7) is 4.26. The van der Waals surface area contributed by atoms with Crippen molar-refractivity contribution in [2.24, 2.45) is 0 Å². The van der Waals surface area contributed by atoms with E-state index in [9.17, 15) is 13.2 Å². The van der Waals surface area contributed by atoms with Gasteiger partial charge >= 0.3 is 6.18 Å². The zero-order chi connectivity index (χ0) is 15.5. The second-order valence-electron chi connectivity index (χ2n) is 4.58. The maximum Gasteiger partial charge on any atom is 0.451 e. The van der Waals surface area contributed by atoms with Crippen LogP contribution in [0.25, 0.3) is 11.3 Å². The average molecular weight is 296 g/mol. The molecule has 0 bridgehead atoms. The molecule has 0 fully saturated rings. The quantitative estimate of drug-likeness (QED) is 0.935. The van der Waals surface area contributed by atoms with Gasteiger partial charge in [-0.05, 0) is 25.0 Å². The second kappa shape index (κ2) is 6.07. The number of nitrogens with zero attached hydrogens (tertiary/aromatic N) is 3. The minimum absolute atomic E-state index is 0.164. The van der Waals surface area contributed by atoms with Crippen LogP contribution >= 0.6 is 0 Å². The van der Waals surface area contributed by atoms with Gasteiger partial charge in [-0.2, -0.15) is 13.2 Å². The maximum absolute atomic E-state index is 12.9. The lowest BCUT2D eigenvalue weighted by Gasteiger charge is -2.12. The van der Waals surface area contributed by atoms with Gasteiger partial charge in [0.1, 0.15) is 5.82 Å². The van der Waals surface area contributed by atoms with E-state index in [0.717, 1.165) is 12.0 Å². The molecule has 0 aliphatic rings. The highest BCUT2D eigenvalue weighted by Crippen LogP contribution is 2.30. The molecule has 0 amide bonds. The van der Waals surface area contributed by atoms with Gasteiger partial charge in [0, 0.05) is 30.6 Å². The zero-order valence-electron chi connectivity index (χ0n) is 11.7. The summed E-state index contributed by atoms with van der Waals surface area (Å²) in [6, 6.07) is 3.23. The molecule has 0 radical (unpaired) electrons. The lowest BCUT2D eigenvalue weighted by atomic mass is 10.1. The van der Waals surface area contributed by atoms with E-state index in [1.807, 2.05) is 6.92 Å². The maximum atomic E-state index is 12.9. The second-order valence-corrected chi connectivity index (χ2v) is 4.58. The highest BCUT2D eigenvalue weighted by atomic mass is 19.4. The van der Waals surface area contributed by atoms with Crippen molar-refractivity contribution >= 4 is 5.82 Å². The Morgan fingerprint density at radius 2 is 2.00 bits per heavy atom. The summed E-state index contributed by atoms with van der Waals surface area (Å²) in [6.07, 6.45) is -0.719. The van der Waals surface area contributed by atoms with E-state index < -0.39 is 12.0 Å². The van der Waals surface area contributed by atoms with Crippen LogP contribution in [0.15, 0.2) is 24.5 Å². The average Bonchev–Trinajstić information content (AvgIpc) is 2.44. The van der Waals surface area contributed by atoms with Crippen LogP contribution < -0.4 is 5.32 Å². The molecule has 2 heterocycles. The van der Waals surface area contributed by atoms with E-state index in [1.54, 1.807) is 19.2 Å². The van der Waals surface area contributed by atoms with Gasteiger partial charge in [0.25, 0.3) is 0 Å². The number of aryl methyl sites for hydroxylation is 1. The number of aromatic nitrogens is 3. The summed E-state index contributed by atoms with van der Waals surface area (Å²) >= 11 is 0. The number of hydrogen-bond acceptors (Lipinski definition) is 4. The molecule has 0 saturated carbocycles. The minimum Gasteiger partial charge on any atom is -0.370 e. The molecule has 2 aromatic rings. The van der Waals surface area contributed by atoms with Gasteiger partial charge in [-0.25, -0.2) is 9.97 Å². The molecule has 2 rings (SSSR count). The molecule has 21 heavy (non-hydrogen) atoms. The number of anilines is 1. The molecule has 7 heteroatoms. The molecule has 0 spiro atoms. The van der Waals surface area contributed by atoms with Crippen LogP contribution in [-0.4, -0.2) is 21.5 Å². The molecule has 0 atom stereocenters. The first-order valence-corrected chi connectivity index (χ1v) is 6.53. The molecule has 4 nitrogen and oxygen atoms in total. The monoisotopic (exact) mass is 296 g/mol. The predicted molar refractivity (Wildman–Crippen MR) is 73.8 cm³/mol. The van der Waals surface area contributed by atoms with Crippen LogP contribution in [0.1, 0.15) is 24.7 Å². The fourth-order valence-electron chi connectivity index (χ4n) is 1.79. The van der Waals surface area contributed by atoms with E-state index in [4.69, 9.17) is 0 Å². The Hall–Kier alpha value is -2.18. The van der Waals surface area contributed by atoms with Gasteiger partial charge in [0.2, 0.25) is 5.82 Å². The van der Waals surface area contributed by atoms with Crippen molar-refractivity contribution in [2.75, 3.05) is 11.9 Å². The van der Waals surface area contributed by atoms with E-state index in [0.29, 0.717) is 12.1 Å². The van der Waals surface area contributed by atoms with Crippen molar-refractivity contribution in [2.45, 2.75) is 26.4 Å². The molecule has 0 aliphatic carbocycles. The van der Waals surface area contributed by atoms with E-state index in [1.165, 1.54) is 12.3 Å². The molecule has 0 aliphatic heterocycles. The normalized spacial score (nSPS) is 11.5. The summed E-state index contributed by atoms with van der Waals surface area (Å²) in [5, 5.41) is 2.86. The third-order valence-electron chi connectivity index (χ3n) is 2.85. The topological polar surface area (TPSA) is 50.7 Å². The highest BCUT2D eigenvalue weighted by molar-refractivity contribution is 5.65. The molecular formula is C14H15F3N4. The number of nitrogens with one attached hydrogen (secondary N) is 1. The van der Waals surface area contributed by atoms with Crippen molar-refractivity contribution in [3.05, 3.63) is 35.9 Å². The summed E-state index contributed by atoms with van der Waals surface area (Å²) in [4.78, 5) is 11.1. The SMILES string of the molecule is CCCNc1cc(-c2cnccc2C)nc(C(F)(F)F)n1. The molecule has 0 saturated heterocycles. The Kier molecular flexibility index (Phi) is 4.40. The van der Waals surface area contributed by atoms with Gasteiger partial charge in [0.15, 0.2) is 0 Å². The minimum atomic E-state index is -4.59. The Morgan fingerprint density at radius 3 is 2.62 bits per heavy atom. The van der Waals surface area contributed by atoms with Crippen LogP contribution in [0, 0.1) is 6.92 Å². The predicted octanol–water partition coefficient (Wildman–Crippen LogP) is 3.69. The van der Waals surface area contributed by atoms with E-state index in [-0.39, 0.29) is 11.5 Å². The molecule has 1 N–H and O–H groups in total. The van der Waals surface area contributed by atoms with Gasteiger partial charge in [-0.15, -0.1) is 0 Å². The van der Waals surface area contributed by atoms with Gasteiger partial charge in [-0.1, -0.05) is 6.92 Å². The number of pyridine rings is 1. The summed E-state index contributed by atoms with van der Waals surface area (Å²) in [5.74, 6) is -0.987. The Morgan fingerprint density at radius 1 is 1.24 bits per heavy atom. The fourth-order valence-corrected chi connectivity index (χ4v) is 1.79. The fraction of sp³-hybridized carbons (Fsp3) is 0.357. The first-order valence-electron chi connectivity index (χ1n) is 6.53. The van der Waals surface area contributed by atoms with Crippen LogP contribution in [0.4, 0.5) is 19.0 Å². The van der Waals surface area contributed by atoms with Gasteiger partial charge < -0.3 is 5.32 Å². The number of rotatable bonds is 4. The highest BCUT2D eigenvalue weighted by Gasteiger charge is 2.35. The Bertz CT molecular complexity index is 626. The molecule has 112 valence electrons. The first kappa shape index (κ1) is 15.2. The van der Waals surface area contributed by atoms with Crippen molar-refractivity contribution in [3.63, 3.8) is 0 Å². The lowest BCUT2D eigenvalue weighted by Crippen LogP contribution is -2.14. The Balaban J connectivity index is 2.52. The van der Waals surface area contributed by atoms with Crippen molar-refractivity contribution < 1.29 is 13.2 Å². The molecular weight excluding hydrogens is 281 g/mol. The first-order chi connectivity index (χ1) is 9.91. The summed E-state index contributed by atoms with van der Waals surface area (Å²) in [7, 11) is 0. The standard InChI is InChI=1S/C14H15F3N4/c1-3-5-19-12-7-11(10-8-18-6-4-9(10)2)20-13(21-12)14(15,16)17/h4,6-8H,3,5H2,1-2H3,(H,19,20,21). The summed E-state index contributed by atoms with van der Waals surface area (Å²) < 4.78 is 38.8. The van der Waals surface area contributed by atoms with E-state index in [2.05, 4.69) is 20.3 Å². The zero-order valence-corrected chi connectivity index (χ0v) is 11.7. The van der Waals surface area contributed by atoms with Crippen LogP contribution in [0.3, 0.4) is 0 Å². The Labute approximate surface area is 120 Å². The van der Waals surface area contributed by atoms with Gasteiger partial charge in [-0.3, -0.25) is 4.98 Å². The van der Waals surface area contributed by atoms with E-state index >= 15 is 0 Å². The van der Waals surface area contributed by atoms with Gasteiger partial charge in [0.05, 0.1) is 5.69 Å². The van der Waals surface area contributed by atoms with Crippen molar-refractivity contribution in [3.8, 4) is 11.3 Å². The number of alkyl halides is 3. The van der Waals surface area contributed by atoms with Crippen LogP contribution in [0.2, 0.25) is 0 Å².